The molecule has 2 nitrogen and oxygen atoms in total. The van der Waals surface area contributed by atoms with Gasteiger partial charge in [-0.15, -0.1) is 0 Å². The molecule has 1 N–H and O–H groups in total. The molecular weight excluding hydrogens is 280 g/mol. The Hall–Kier alpha value is -0.540. The van der Waals surface area contributed by atoms with Crippen LogP contribution in [0.3, 0.4) is 0 Å². The van der Waals surface area contributed by atoms with Gasteiger partial charge in [0.1, 0.15) is 5.75 Å². The van der Waals surface area contributed by atoms with Gasteiger partial charge in [-0.05, 0) is 24.6 Å². The topological polar surface area (TPSA) is 29.5 Å². The first-order chi connectivity index (χ1) is 8.19. The minimum absolute atomic E-state index is 0.431. The smallest absolute Gasteiger partial charge is 0.124 e. The van der Waals surface area contributed by atoms with Crippen LogP contribution in [-0.2, 0) is 0 Å². The van der Waals surface area contributed by atoms with Gasteiger partial charge in [0.05, 0.1) is 13.2 Å². The molecule has 0 saturated heterocycles. The number of unbranched alkanes of at least 4 members (excludes halogenated alkanes) is 3. The van der Waals surface area contributed by atoms with E-state index in [1.165, 1.54) is 19.3 Å². The van der Waals surface area contributed by atoms with E-state index >= 15 is 0 Å². The molecule has 0 saturated carbocycles. The van der Waals surface area contributed by atoms with E-state index in [2.05, 4.69) is 22.9 Å². The van der Waals surface area contributed by atoms with Gasteiger partial charge in [0.25, 0.3) is 0 Å². The SMILES string of the molecule is CCCCCCC(O)c1cc(Br)ccc1OC. The van der Waals surface area contributed by atoms with Crippen LogP contribution in [0.1, 0.15) is 50.7 Å². The quantitative estimate of drug-likeness (QED) is 0.753. The number of aliphatic hydroxyl groups excluding tert-OH is 1. The number of hydrogen-bond acceptors (Lipinski definition) is 2. The summed E-state index contributed by atoms with van der Waals surface area (Å²) in [4.78, 5) is 0. The number of benzene rings is 1. The van der Waals surface area contributed by atoms with Crippen LogP contribution in [0.2, 0.25) is 0 Å². The molecule has 0 aliphatic heterocycles. The molecule has 0 aliphatic rings. The van der Waals surface area contributed by atoms with E-state index in [1.54, 1.807) is 7.11 Å². The van der Waals surface area contributed by atoms with Crippen molar-refractivity contribution in [3.05, 3.63) is 28.2 Å². The van der Waals surface area contributed by atoms with Crippen LogP contribution in [0.4, 0.5) is 0 Å². The van der Waals surface area contributed by atoms with Gasteiger partial charge in [-0.25, -0.2) is 0 Å². The summed E-state index contributed by atoms with van der Waals surface area (Å²) in [5, 5.41) is 10.2. The Bertz CT molecular complexity index is 339. The number of aliphatic hydroxyl groups is 1. The third-order valence-corrected chi connectivity index (χ3v) is 3.38. The lowest BCUT2D eigenvalue weighted by Gasteiger charge is -2.15. The summed E-state index contributed by atoms with van der Waals surface area (Å²) in [5.74, 6) is 0.760. The summed E-state index contributed by atoms with van der Waals surface area (Å²) in [5.41, 5.74) is 0.873. The van der Waals surface area contributed by atoms with Crippen LogP contribution < -0.4 is 4.74 Å². The molecule has 3 heteroatoms. The minimum Gasteiger partial charge on any atom is -0.496 e. The molecule has 0 bridgehead atoms. The fraction of sp³-hybridized carbons (Fsp3) is 0.571. The summed E-state index contributed by atoms with van der Waals surface area (Å²) < 4.78 is 6.24. The van der Waals surface area contributed by atoms with Crippen molar-refractivity contribution in [1.29, 1.82) is 0 Å². The Labute approximate surface area is 112 Å². The van der Waals surface area contributed by atoms with Crippen LogP contribution in [-0.4, -0.2) is 12.2 Å². The number of hydrogen-bond donors (Lipinski definition) is 1. The molecule has 0 fully saturated rings. The first-order valence-electron chi connectivity index (χ1n) is 6.20. The maximum Gasteiger partial charge on any atom is 0.124 e. The van der Waals surface area contributed by atoms with E-state index in [1.807, 2.05) is 18.2 Å². The van der Waals surface area contributed by atoms with Crippen molar-refractivity contribution in [1.82, 2.24) is 0 Å². The van der Waals surface area contributed by atoms with Gasteiger partial charge in [-0.2, -0.15) is 0 Å². The third-order valence-electron chi connectivity index (χ3n) is 2.88. The number of rotatable bonds is 7. The molecule has 0 amide bonds. The van der Waals surface area contributed by atoms with Crippen molar-refractivity contribution in [2.45, 2.75) is 45.1 Å². The van der Waals surface area contributed by atoms with E-state index in [9.17, 15) is 5.11 Å². The highest BCUT2D eigenvalue weighted by molar-refractivity contribution is 9.10. The normalized spacial score (nSPS) is 12.5. The Balaban J connectivity index is 2.60. The monoisotopic (exact) mass is 300 g/mol. The molecule has 17 heavy (non-hydrogen) atoms. The van der Waals surface area contributed by atoms with Gasteiger partial charge in [-0.3, -0.25) is 0 Å². The van der Waals surface area contributed by atoms with Crippen LogP contribution >= 0.6 is 15.9 Å². The van der Waals surface area contributed by atoms with Gasteiger partial charge < -0.3 is 9.84 Å². The molecule has 1 atom stereocenters. The number of ether oxygens (including phenoxy) is 1. The fourth-order valence-corrected chi connectivity index (χ4v) is 2.26. The number of methoxy groups -OCH3 is 1. The highest BCUT2D eigenvalue weighted by Gasteiger charge is 2.13. The molecule has 0 heterocycles. The fourth-order valence-electron chi connectivity index (χ4n) is 1.89. The predicted molar refractivity (Wildman–Crippen MR) is 74.4 cm³/mol. The first kappa shape index (κ1) is 14.5. The minimum atomic E-state index is -0.431. The molecule has 0 aliphatic carbocycles. The lowest BCUT2D eigenvalue weighted by molar-refractivity contribution is 0.159. The van der Waals surface area contributed by atoms with Crippen molar-refractivity contribution in [3.63, 3.8) is 0 Å². The van der Waals surface area contributed by atoms with E-state index in [0.717, 1.165) is 28.6 Å². The Kier molecular flexibility index (Phi) is 6.60. The Morgan fingerprint density at radius 2 is 2.06 bits per heavy atom. The summed E-state index contributed by atoms with van der Waals surface area (Å²) in [6.07, 6.45) is 5.07. The van der Waals surface area contributed by atoms with Crippen molar-refractivity contribution >= 4 is 15.9 Å². The zero-order valence-electron chi connectivity index (χ0n) is 10.6. The van der Waals surface area contributed by atoms with E-state index in [0.29, 0.717) is 0 Å². The molecular formula is C14H21BrO2. The molecule has 1 aromatic rings. The lowest BCUT2D eigenvalue weighted by Crippen LogP contribution is -2.01. The Morgan fingerprint density at radius 1 is 1.29 bits per heavy atom. The second-order valence-electron chi connectivity index (χ2n) is 4.25. The third kappa shape index (κ3) is 4.68. The average Bonchev–Trinajstić information content (AvgIpc) is 2.34. The van der Waals surface area contributed by atoms with E-state index < -0.39 is 6.10 Å². The highest BCUT2D eigenvalue weighted by atomic mass is 79.9. The molecule has 1 unspecified atom stereocenters. The zero-order chi connectivity index (χ0) is 12.7. The first-order valence-corrected chi connectivity index (χ1v) is 6.99. The molecule has 0 radical (unpaired) electrons. The lowest BCUT2D eigenvalue weighted by atomic mass is 10.0. The summed E-state index contributed by atoms with van der Waals surface area (Å²) in [6.45, 7) is 2.19. The van der Waals surface area contributed by atoms with Gasteiger partial charge in [0, 0.05) is 10.0 Å². The molecule has 1 rings (SSSR count). The van der Waals surface area contributed by atoms with Gasteiger partial charge >= 0.3 is 0 Å². The maximum absolute atomic E-state index is 10.2. The van der Waals surface area contributed by atoms with Crippen LogP contribution in [0.5, 0.6) is 5.75 Å². The Morgan fingerprint density at radius 3 is 2.71 bits per heavy atom. The summed E-state index contributed by atoms with van der Waals surface area (Å²) in [7, 11) is 1.64. The highest BCUT2D eigenvalue weighted by Crippen LogP contribution is 2.31. The van der Waals surface area contributed by atoms with Crippen LogP contribution in [0, 0.1) is 0 Å². The predicted octanol–water partition coefficient (Wildman–Crippen LogP) is 4.46. The second-order valence-corrected chi connectivity index (χ2v) is 5.17. The van der Waals surface area contributed by atoms with Crippen LogP contribution in [0.25, 0.3) is 0 Å². The number of halogens is 1. The second kappa shape index (κ2) is 7.72. The standard InChI is InChI=1S/C14H21BrO2/c1-3-4-5-6-7-13(16)12-10-11(15)8-9-14(12)17-2/h8-10,13,16H,3-7H2,1-2H3. The molecule has 96 valence electrons. The summed E-state index contributed by atoms with van der Waals surface area (Å²) >= 11 is 3.42. The molecule has 0 spiro atoms. The van der Waals surface area contributed by atoms with Crippen molar-refractivity contribution < 1.29 is 9.84 Å². The molecule has 0 aromatic heterocycles. The van der Waals surface area contributed by atoms with Gasteiger partial charge in [0.2, 0.25) is 0 Å². The summed E-state index contributed by atoms with van der Waals surface area (Å²) in [6, 6.07) is 5.74. The van der Waals surface area contributed by atoms with Gasteiger partial charge in [0.15, 0.2) is 0 Å². The molecule has 1 aromatic carbocycles. The largest absolute Gasteiger partial charge is 0.496 e. The average molecular weight is 301 g/mol. The van der Waals surface area contributed by atoms with Gasteiger partial charge in [-0.1, -0.05) is 48.5 Å². The van der Waals surface area contributed by atoms with E-state index in [-0.39, 0.29) is 0 Å². The zero-order valence-corrected chi connectivity index (χ0v) is 12.2. The van der Waals surface area contributed by atoms with E-state index in [4.69, 9.17) is 4.74 Å². The van der Waals surface area contributed by atoms with Crippen molar-refractivity contribution in [3.8, 4) is 5.75 Å². The van der Waals surface area contributed by atoms with Crippen molar-refractivity contribution in [2.24, 2.45) is 0 Å². The van der Waals surface area contributed by atoms with Crippen LogP contribution in [0.15, 0.2) is 22.7 Å². The maximum atomic E-state index is 10.2. The van der Waals surface area contributed by atoms with Crippen molar-refractivity contribution in [2.75, 3.05) is 7.11 Å².